The molecule has 0 heterocycles. The summed E-state index contributed by atoms with van der Waals surface area (Å²) < 4.78 is 0. The average molecular weight is 236 g/mol. The summed E-state index contributed by atoms with van der Waals surface area (Å²) in [7, 11) is 2.47. The Bertz CT molecular complexity index is 245. The molecule has 0 saturated heterocycles. The van der Waals surface area contributed by atoms with Crippen molar-refractivity contribution in [2.75, 3.05) is 20.8 Å². The van der Waals surface area contributed by atoms with Crippen molar-refractivity contribution < 1.29 is 30.1 Å². The molecule has 16 heavy (non-hydrogen) atoms. The van der Waals surface area contributed by atoms with E-state index in [9.17, 15) is 15.3 Å². The number of aliphatic hydroxyl groups excluding tert-OH is 4. The molecule has 0 aromatic rings. The van der Waals surface area contributed by atoms with Crippen molar-refractivity contribution in [3.05, 3.63) is 0 Å². The van der Waals surface area contributed by atoms with Crippen molar-refractivity contribution in [3.8, 4) is 0 Å². The Labute approximate surface area is 92.4 Å². The first kappa shape index (κ1) is 14.8. The van der Waals surface area contributed by atoms with Crippen molar-refractivity contribution in [2.24, 2.45) is 10.3 Å². The van der Waals surface area contributed by atoms with Crippen LogP contribution >= 0.6 is 0 Å². The van der Waals surface area contributed by atoms with Crippen molar-refractivity contribution in [1.82, 2.24) is 0 Å². The summed E-state index contributed by atoms with van der Waals surface area (Å²) >= 11 is 0. The first-order valence-electron chi connectivity index (χ1n) is 4.41. The minimum Gasteiger partial charge on any atom is -0.399 e. The van der Waals surface area contributed by atoms with Gasteiger partial charge in [-0.15, -0.1) is 0 Å². The molecule has 0 aromatic heterocycles. The third-order valence-corrected chi connectivity index (χ3v) is 1.66. The molecule has 94 valence electrons. The summed E-state index contributed by atoms with van der Waals surface area (Å²) in [6.45, 7) is -0.659. The van der Waals surface area contributed by atoms with Crippen LogP contribution in [0.3, 0.4) is 0 Å². The van der Waals surface area contributed by atoms with E-state index in [1.54, 1.807) is 0 Å². The third kappa shape index (κ3) is 4.53. The molecule has 0 fully saturated rings. The maximum atomic E-state index is 9.56. The summed E-state index contributed by atoms with van der Waals surface area (Å²) in [5.74, 6) is 0. The van der Waals surface area contributed by atoms with Gasteiger partial charge < -0.3 is 30.1 Å². The van der Waals surface area contributed by atoms with Gasteiger partial charge in [0.05, 0.1) is 12.8 Å². The van der Waals surface area contributed by atoms with Gasteiger partial charge in [0.1, 0.15) is 38.2 Å². The van der Waals surface area contributed by atoms with Crippen molar-refractivity contribution in [3.63, 3.8) is 0 Å². The van der Waals surface area contributed by atoms with Crippen LogP contribution in [0.2, 0.25) is 0 Å². The molecule has 0 spiro atoms. The highest BCUT2D eigenvalue weighted by Crippen LogP contribution is 2.01. The van der Waals surface area contributed by atoms with Crippen LogP contribution in [0.15, 0.2) is 10.3 Å². The van der Waals surface area contributed by atoms with Crippen molar-refractivity contribution in [1.29, 1.82) is 0 Å². The number of hydrogen-bond donors (Lipinski definition) is 4. The monoisotopic (exact) mass is 236 g/mol. The van der Waals surface area contributed by atoms with E-state index in [0.29, 0.717) is 0 Å². The van der Waals surface area contributed by atoms with E-state index >= 15 is 0 Å². The van der Waals surface area contributed by atoms with Crippen LogP contribution in [0.25, 0.3) is 0 Å². The molecule has 8 heteroatoms. The lowest BCUT2D eigenvalue weighted by atomic mass is 10.1. The number of oxime groups is 2. The maximum Gasteiger partial charge on any atom is 0.129 e. The summed E-state index contributed by atoms with van der Waals surface area (Å²) in [5.41, 5.74) is -0.306. The van der Waals surface area contributed by atoms with Gasteiger partial charge in [0, 0.05) is 0 Å². The van der Waals surface area contributed by atoms with E-state index in [4.69, 9.17) is 5.11 Å². The fourth-order valence-corrected chi connectivity index (χ4v) is 0.891. The topological polar surface area (TPSA) is 124 Å². The number of nitrogens with zero attached hydrogens (tertiary/aromatic N) is 2. The second-order valence-corrected chi connectivity index (χ2v) is 2.77. The molecule has 0 saturated carbocycles. The Morgan fingerprint density at radius 3 is 2.31 bits per heavy atom. The van der Waals surface area contributed by atoms with Crippen LogP contribution in [0.1, 0.15) is 0 Å². The molecular formula is C8H16N2O6. The molecule has 4 N–H and O–H groups in total. The van der Waals surface area contributed by atoms with Gasteiger partial charge in [0.2, 0.25) is 0 Å². The van der Waals surface area contributed by atoms with E-state index in [1.165, 1.54) is 14.2 Å². The smallest absolute Gasteiger partial charge is 0.129 e. The van der Waals surface area contributed by atoms with Gasteiger partial charge in [-0.05, 0) is 0 Å². The molecule has 0 amide bonds. The molecule has 0 aliphatic heterocycles. The zero-order chi connectivity index (χ0) is 12.6. The quantitative estimate of drug-likeness (QED) is 0.291. The Morgan fingerprint density at radius 2 is 1.88 bits per heavy atom. The van der Waals surface area contributed by atoms with Gasteiger partial charge in [-0.2, -0.15) is 0 Å². The zero-order valence-electron chi connectivity index (χ0n) is 9.02. The van der Waals surface area contributed by atoms with Crippen LogP contribution in [0.5, 0.6) is 0 Å². The van der Waals surface area contributed by atoms with Gasteiger partial charge >= 0.3 is 0 Å². The largest absolute Gasteiger partial charge is 0.399 e. The summed E-state index contributed by atoms with van der Waals surface area (Å²) in [5, 5.41) is 43.5. The minimum atomic E-state index is -1.55. The van der Waals surface area contributed by atoms with E-state index in [2.05, 4.69) is 20.0 Å². The van der Waals surface area contributed by atoms with Gasteiger partial charge in [0.25, 0.3) is 0 Å². The highest BCUT2D eigenvalue weighted by Gasteiger charge is 2.27. The Morgan fingerprint density at radius 1 is 1.25 bits per heavy atom. The molecule has 0 rings (SSSR count). The molecule has 0 aliphatic rings. The predicted molar refractivity (Wildman–Crippen MR) is 55.1 cm³/mol. The lowest BCUT2D eigenvalue weighted by molar-refractivity contribution is 0.0768. The minimum absolute atomic E-state index is 0.306. The highest BCUT2D eigenvalue weighted by molar-refractivity contribution is 5.94. The normalized spacial score (nSPS) is 18.2. The summed E-state index contributed by atoms with van der Waals surface area (Å²) in [6.07, 6.45) is -3.50. The lowest BCUT2D eigenvalue weighted by Crippen LogP contribution is -2.43. The first-order chi connectivity index (χ1) is 7.58. The average Bonchev–Trinajstić information content (AvgIpc) is 2.31. The molecular weight excluding hydrogens is 220 g/mol. The standard InChI is InChI=1S/C8H16N2O6/c1-15-9-3-5(12)8(14)7(10-16-2)6(13)4-11/h3,5-6,8,11-14H,4H2,1-2H3. The lowest BCUT2D eigenvalue weighted by Gasteiger charge is -2.18. The fourth-order valence-electron chi connectivity index (χ4n) is 0.891. The molecule has 8 nitrogen and oxygen atoms in total. The van der Waals surface area contributed by atoms with Crippen LogP contribution in [0, 0.1) is 0 Å². The van der Waals surface area contributed by atoms with Gasteiger partial charge in [0.15, 0.2) is 0 Å². The van der Waals surface area contributed by atoms with Gasteiger partial charge in [-0.3, -0.25) is 0 Å². The maximum absolute atomic E-state index is 9.56. The second kappa shape index (κ2) is 7.99. The highest BCUT2D eigenvalue weighted by atomic mass is 16.6. The molecule has 3 unspecified atom stereocenters. The fraction of sp³-hybridized carbons (Fsp3) is 0.750. The van der Waals surface area contributed by atoms with E-state index < -0.39 is 24.9 Å². The zero-order valence-corrected chi connectivity index (χ0v) is 9.02. The van der Waals surface area contributed by atoms with E-state index in [-0.39, 0.29) is 5.71 Å². The molecule has 0 aliphatic carbocycles. The van der Waals surface area contributed by atoms with Crippen LogP contribution in [-0.4, -0.2) is 71.5 Å². The van der Waals surface area contributed by atoms with Crippen molar-refractivity contribution in [2.45, 2.75) is 18.3 Å². The second-order valence-electron chi connectivity index (χ2n) is 2.77. The Hall–Kier alpha value is -1.22. The Balaban J connectivity index is 4.67. The van der Waals surface area contributed by atoms with E-state index in [0.717, 1.165) is 6.21 Å². The molecule has 0 radical (unpaired) electrons. The third-order valence-electron chi connectivity index (χ3n) is 1.66. The molecule has 3 atom stereocenters. The molecule has 0 aromatic carbocycles. The molecule has 0 bridgehead atoms. The number of rotatable bonds is 7. The van der Waals surface area contributed by atoms with Gasteiger partial charge in [-0.1, -0.05) is 10.3 Å². The Kier molecular flexibility index (Phi) is 7.38. The van der Waals surface area contributed by atoms with Crippen molar-refractivity contribution >= 4 is 11.9 Å². The van der Waals surface area contributed by atoms with Crippen LogP contribution < -0.4 is 0 Å². The van der Waals surface area contributed by atoms with E-state index in [1.807, 2.05) is 0 Å². The van der Waals surface area contributed by atoms with Crippen LogP contribution in [-0.2, 0) is 9.68 Å². The number of hydrogen-bond acceptors (Lipinski definition) is 8. The predicted octanol–water partition coefficient (Wildman–Crippen LogP) is -2.30. The van der Waals surface area contributed by atoms with Gasteiger partial charge in [-0.25, -0.2) is 0 Å². The summed E-state index contributed by atoms with van der Waals surface area (Å²) in [6, 6.07) is 0. The van der Waals surface area contributed by atoms with Crippen LogP contribution in [0.4, 0.5) is 0 Å². The summed E-state index contributed by atoms with van der Waals surface area (Å²) in [4.78, 5) is 8.68. The SMILES string of the molecule is CON=CC(O)C(O)C(=NOC)C(O)CO. The first-order valence-corrected chi connectivity index (χ1v) is 4.41. The number of aliphatic hydroxyl groups is 4.